The van der Waals surface area contributed by atoms with E-state index < -0.39 is 10.0 Å². The van der Waals surface area contributed by atoms with Gasteiger partial charge in [0.1, 0.15) is 5.75 Å². The molecule has 0 radical (unpaired) electrons. The van der Waals surface area contributed by atoms with Crippen LogP contribution in [-0.2, 0) is 16.6 Å². The van der Waals surface area contributed by atoms with Crippen molar-refractivity contribution in [3.8, 4) is 5.75 Å². The number of methoxy groups -OCH3 is 1. The highest BCUT2D eigenvalue weighted by Gasteiger charge is 2.25. The summed E-state index contributed by atoms with van der Waals surface area (Å²) in [7, 11) is -1.95. The summed E-state index contributed by atoms with van der Waals surface area (Å²) < 4.78 is 33.1. The zero-order valence-corrected chi connectivity index (χ0v) is 15.2. The highest BCUT2D eigenvalue weighted by molar-refractivity contribution is 7.89. The van der Waals surface area contributed by atoms with Crippen molar-refractivity contribution < 1.29 is 13.2 Å². The van der Waals surface area contributed by atoms with Gasteiger partial charge >= 0.3 is 0 Å². The molecule has 1 saturated heterocycles. The number of rotatable bonds is 6. The van der Waals surface area contributed by atoms with Gasteiger partial charge in [0.05, 0.1) is 12.0 Å². The second kappa shape index (κ2) is 7.99. The van der Waals surface area contributed by atoms with Crippen molar-refractivity contribution in [3.63, 3.8) is 0 Å². The molecule has 3 rings (SSSR count). The molecule has 1 fully saturated rings. The number of likely N-dealkylation sites (tertiary alicyclic amines) is 1. The molecular formula is C19H24N2O3S. The predicted molar refractivity (Wildman–Crippen MR) is 98.1 cm³/mol. The summed E-state index contributed by atoms with van der Waals surface area (Å²) in [6.45, 7) is 2.57. The largest absolute Gasteiger partial charge is 0.497 e. The molecule has 0 spiro atoms. The van der Waals surface area contributed by atoms with Crippen LogP contribution in [0.2, 0.25) is 0 Å². The molecule has 1 unspecified atom stereocenters. The molecule has 0 bridgehead atoms. The molecule has 0 amide bonds. The van der Waals surface area contributed by atoms with Crippen molar-refractivity contribution in [2.45, 2.75) is 30.3 Å². The monoisotopic (exact) mass is 360 g/mol. The average Bonchev–Trinajstić information content (AvgIpc) is 2.62. The van der Waals surface area contributed by atoms with Gasteiger partial charge in [0.2, 0.25) is 10.0 Å². The number of ether oxygens (including phenoxy) is 1. The number of nitrogens with zero attached hydrogens (tertiary/aromatic N) is 1. The van der Waals surface area contributed by atoms with E-state index in [1.54, 1.807) is 31.4 Å². The van der Waals surface area contributed by atoms with Gasteiger partial charge in [-0.2, -0.15) is 0 Å². The Morgan fingerprint density at radius 3 is 2.52 bits per heavy atom. The van der Waals surface area contributed by atoms with Crippen molar-refractivity contribution in [2.24, 2.45) is 0 Å². The van der Waals surface area contributed by atoms with Gasteiger partial charge in [-0.25, -0.2) is 13.1 Å². The van der Waals surface area contributed by atoms with E-state index in [0.29, 0.717) is 5.75 Å². The Kier molecular flexibility index (Phi) is 5.73. The van der Waals surface area contributed by atoms with Gasteiger partial charge in [-0.05, 0) is 49.2 Å². The summed E-state index contributed by atoms with van der Waals surface area (Å²) in [6, 6.07) is 16.7. The van der Waals surface area contributed by atoms with Crippen molar-refractivity contribution in [2.75, 3.05) is 20.2 Å². The Bertz CT molecular complexity index is 776. The fourth-order valence-corrected chi connectivity index (χ4v) is 4.44. The van der Waals surface area contributed by atoms with Crippen LogP contribution < -0.4 is 9.46 Å². The van der Waals surface area contributed by atoms with Crippen LogP contribution >= 0.6 is 0 Å². The second-order valence-corrected chi connectivity index (χ2v) is 8.07. The number of hydrogen-bond donors (Lipinski definition) is 1. The van der Waals surface area contributed by atoms with Crippen molar-refractivity contribution in [1.29, 1.82) is 0 Å². The fourth-order valence-electron chi connectivity index (χ4n) is 3.18. The van der Waals surface area contributed by atoms with E-state index in [1.165, 1.54) is 5.56 Å². The summed E-state index contributed by atoms with van der Waals surface area (Å²) in [6.07, 6.45) is 1.85. The third kappa shape index (κ3) is 4.81. The Morgan fingerprint density at radius 2 is 1.84 bits per heavy atom. The maximum atomic E-state index is 12.6. The maximum Gasteiger partial charge on any atom is 0.240 e. The van der Waals surface area contributed by atoms with Gasteiger partial charge < -0.3 is 4.74 Å². The molecule has 5 nitrogen and oxygen atoms in total. The van der Waals surface area contributed by atoms with E-state index in [9.17, 15) is 8.42 Å². The lowest BCUT2D eigenvalue weighted by atomic mass is 10.1. The van der Waals surface area contributed by atoms with Crippen LogP contribution in [0, 0.1) is 0 Å². The van der Waals surface area contributed by atoms with Crippen LogP contribution in [0.1, 0.15) is 18.4 Å². The smallest absolute Gasteiger partial charge is 0.240 e. The number of piperidine rings is 1. The first-order chi connectivity index (χ1) is 12.1. The molecule has 25 heavy (non-hydrogen) atoms. The maximum absolute atomic E-state index is 12.6. The molecule has 0 aromatic heterocycles. The first-order valence-electron chi connectivity index (χ1n) is 8.49. The highest BCUT2D eigenvalue weighted by atomic mass is 32.2. The van der Waals surface area contributed by atoms with Crippen LogP contribution in [0.25, 0.3) is 0 Å². The molecule has 1 N–H and O–H groups in total. The predicted octanol–water partition coefficient (Wildman–Crippen LogP) is 2.64. The normalized spacial score (nSPS) is 18.8. The van der Waals surface area contributed by atoms with Gasteiger partial charge in [-0.15, -0.1) is 0 Å². The summed E-state index contributed by atoms with van der Waals surface area (Å²) in [5.41, 5.74) is 1.25. The molecule has 2 aromatic carbocycles. The molecule has 1 atom stereocenters. The van der Waals surface area contributed by atoms with Crippen molar-refractivity contribution >= 4 is 10.0 Å². The van der Waals surface area contributed by atoms with Crippen LogP contribution in [0.4, 0.5) is 0 Å². The molecule has 1 heterocycles. The number of sulfonamides is 1. The van der Waals surface area contributed by atoms with Crippen LogP contribution in [0.15, 0.2) is 59.5 Å². The van der Waals surface area contributed by atoms with E-state index >= 15 is 0 Å². The molecule has 0 aliphatic carbocycles. The van der Waals surface area contributed by atoms with E-state index in [2.05, 4.69) is 21.8 Å². The highest BCUT2D eigenvalue weighted by Crippen LogP contribution is 2.18. The lowest BCUT2D eigenvalue weighted by molar-refractivity contribution is 0.194. The van der Waals surface area contributed by atoms with Crippen LogP contribution in [0.3, 0.4) is 0 Å². The number of benzene rings is 2. The van der Waals surface area contributed by atoms with Gasteiger partial charge in [-0.1, -0.05) is 30.3 Å². The quantitative estimate of drug-likeness (QED) is 0.860. The standard InChI is InChI=1S/C19H24N2O3S/c1-24-18-9-11-19(12-10-18)25(22,23)20-17-8-5-13-21(15-17)14-16-6-3-2-4-7-16/h2-4,6-7,9-12,17,20H,5,8,13-15H2,1H3. The molecule has 0 saturated carbocycles. The average molecular weight is 360 g/mol. The second-order valence-electron chi connectivity index (χ2n) is 6.36. The van der Waals surface area contributed by atoms with Gasteiger partial charge in [0.15, 0.2) is 0 Å². The topological polar surface area (TPSA) is 58.6 Å². The number of hydrogen-bond acceptors (Lipinski definition) is 4. The number of nitrogens with one attached hydrogen (secondary N) is 1. The van der Waals surface area contributed by atoms with Gasteiger partial charge in [0, 0.05) is 19.1 Å². The lowest BCUT2D eigenvalue weighted by Crippen LogP contribution is -2.47. The summed E-state index contributed by atoms with van der Waals surface area (Å²) in [5, 5.41) is 0. The van der Waals surface area contributed by atoms with E-state index in [-0.39, 0.29) is 10.9 Å². The van der Waals surface area contributed by atoms with Gasteiger partial charge in [-0.3, -0.25) is 4.90 Å². The minimum Gasteiger partial charge on any atom is -0.497 e. The summed E-state index contributed by atoms with van der Waals surface area (Å²) in [5.74, 6) is 0.644. The summed E-state index contributed by atoms with van der Waals surface area (Å²) in [4.78, 5) is 2.58. The van der Waals surface area contributed by atoms with Crippen molar-refractivity contribution in [3.05, 3.63) is 60.2 Å². The fraction of sp³-hybridized carbons (Fsp3) is 0.368. The Balaban J connectivity index is 1.63. The first kappa shape index (κ1) is 17.9. The Morgan fingerprint density at radius 1 is 1.12 bits per heavy atom. The SMILES string of the molecule is COc1ccc(S(=O)(=O)NC2CCCN(Cc3ccccc3)C2)cc1. The third-order valence-electron chi connectivity index (χ3n) is 4.45. The van der Waals surface area contributed by atoms with Crippen LogP contribution in [0.5, 0.6) is 5.75 Å². The molecular weight excluding hydrogens is 336 g/mol. The zero-order chi connectivity index (χ0) is 17.7. The minimum atomic E-state index is -3.51. The molecule has 1 aliphatic heterocycles. The molecule has 6 heteroatoms. The third-order valence-corrected chi connectivity index (χ3v) is 5.98. The van der Waals surface area contributed by atoms with Crippen molar-refractivity contribution in [1.82, 2.24) is 9.62 Å². The molecule has 2 aromatic rings. The van der Waals surface area contributed by atoms with E-state index in [0.717, 1.165) is 32.5 Å². The summed E-state index contributed by atoms with van der Waals surface area (Å²) >= 11 is 0. The Hall–Kier alpha value is -1.89. The molecule has 134 valence electrons. The van der Waals surface area contributed by atoms with Crippen LogP contribution in [-0.4, -0.2) is 39.6 Å². The minimum absolute atomic E-state index is 0.0652. The first-order valence-corrected chi connectivity index (χ1v) is 9.98. The zero-order valence-electron chi connectivity index (χ0n) is 14.4. The van der Waals surface area contributed by atoms with E-state index in [1.807, 2.05) is 18.2 Å². The lowest BCUT2D eigenvalue weighted by Gasteiger charge is -2.33. The molecule has 1 aliphatic rings. The van der Waals surface area contributed by atoms with E-state index in [4.69, 9.17) is 4.74 Å². The Labute approximate surface area is 149 Å². The van der Waals surface area contributed by atoms with Gasteiger partial charge in [0.25, 0.3) is 0 Å².